The minimum atomic E-state index is -0.340. The molecule has 3 nitrogen and oxygen atoms in total. The first-order valence-corrected chi connectivity index (χ1v) is 6.56. The highest BCUT2D eigenvalue weighted by Gasteiger charge is 2.28. The van der Waals surface area contributed by atoms with Gasteiger partial charge in [0.05, 0.1) is 6.20 Å². The fraction of sp³-hybridized carbons (Fsp3) is 0.143. The summed E-state index contributed by atoms with van der Waals surface area (Å²) in [6.07, 6.45) is 5.59. The minimum Gasteiger partial charge on any atom is -0.289 e. The Balaban J connectivity index is 2.04. The molecule has 0 bridgehead atoms. The SMILES string of the molecule is Cn1cc(/C=C2\Cc3c(F)cc(Br)cc3C2=O)cn1. The van der Waals surface area contributed by atoms with E-state index in [0.29, 0.717) is 27.6 Å². The molecule has 0 saturated carbocycles. The van der Waals surface area contributed by atoms with E-state index in [2.05, 4.69) is 21.0 Å². The van der Waals surface area contributed by atoms with Crippen LogP contribution in [-0.4, -0.2) is 15.6 Å². The molecule has 3 rings (SSSR count). The van der Waals surface area contributed by atoms with Gasteiger partial charge in [0.25, 0.3) is 0 Å². The van der Waals surface area contributed by atoms with Crippen LogP contribution in [0.15, 0.2) is 34.6 Å². The zero-order valence-electron chi connectivity index (χ0n) is 10.2. The molecule has 0 saturated heterocycles. The number of aromatic nitrogens is 2. The number of halogens is 2. The van der Waals surface area contributed by atoms with E-state index in [9.17, 15) is 9.18 Å². The molecule has 0 radical (unpaired) electrons. The van der Waals surface area contributed by atoms with Gasteiger partial charge in [-0.25, -0.2) is 4.39 Å². The summed E-state index contributed by atoms with van der Waals surface area (Å²) < 4.78 is 16.1. The van der Waals surface area contributed by atoms with Crippen LogP contribution in [0, 0.1) is 5.82 Å². The Bertz CT molecular complexity index is 718. The summed E-state index contributed by atoms with van der Waals surface area (Å²) in [5.74, 6) is -0.452. The van der Waals surface area contributed by atoms with E-state index < -0.39 is 0 Å². The molecule has 1 aliphatic carbocycles. The second-order valence-corrected chi connectivity index (χ2v) is 5.45. The number of hydrogen-bond donors (Lipinski definition) is 0. The predicted molar refractivity (Wildman–Crippen MR) is 73.3 cm³/mol. The number of Topliss-reactive ketones (excluding diaryl/α,β-unsaturated/α-hetero) is 1. The molecule has 5 heteroatoms. The summed E-state index contributed by atoms with van der Waals surface area (Å²) >= 11 is 3.21. The predicted octanol–water partition coefficient (Wildman–Crippen LogP) is 3.14. The molecule has 0 amide bonds. The van der Waals surface area contributed by atoms with Gasteiger partial charge in [0.15, 0.2) is 5.78 Å². The van der Waals surface area contributed by atoms with Crippen molar-refractivity contribution in [2.75, 3.05) is 0 Å². The molecule has 19 heavy (non-hydrogen) atoms. The third-order valence-corrected chi connectivity index (χ3v) is 3.59. The van der Waals surface area contributed by atoms with Gasteiger partial charge in [-0.2, -0.15) is 5.10 Å². The van der Waals surface area contributed by atoms with E-state index in [1.165, 1.54) is 6.07 Å². The maximum absolute atomic E-state index is 13.8. The van der Waals surface area contributed by atoms with Crippen LogP contribution in [0.1, 0.15) is 21.5 Å². The van der Waals surface area contributed by atoms with Crippen molar-refractivity contribution < 1.29 is 9.18 Å². The number of ketones is 1. The molecule has 0 N–H and O–H groups in total. The smallest absolute Gasteiger partial charge is 0.189 e. The maximum atomic E-state index is 13.8. The van der Waals surface area contributed by atoms with Crippen molar-refractivity contribution in [3.8, 4) is 0 Å². The van der Waals surface area contributed by atoms with Crippen LogP contribution in [0.2, 0.25) is 0 Å². The van der Waals surface area contributed by atoms with E-state index in [1.54, 1.807) is 23.0 Å². The van der Waals surface area contributed by atoms with Crippen LogP contribution >= 0.6 is 15.9 Å². The van der Waals surface area contributed by atoms with Crippen molar-refractivity contribution in [2.24, 2.45) is 7.05 Å². The Kier molecular flexibility index (Phi) is 2.86. The number of benzene rings is 1. The number of aryl methyl sites for hydroxylation is 1. The molecule has 1 heterocycles. The monoisotopic (exact) mass is 320 g/mol. The lowest BCUT2D eigenvalue weighted by molar-refractivity contribution is 0.104. The quantitative estimate of drug-likeness (QED) is 0.756. The van der Waals surface area contributed by atoms with Crippen molar-refractivity contribution >= 4 is 27.8 Å². The summed E-state index contributed by atoms with van der Waals surface area (Å²) in [5, 5.41) is 4.04. The summed E-state index contributed by atoms with van der Waals surface area (Å²) in [6.45, 7) is 0. The van der Waals surface area contributed by atoms with Gasteiger partial charge in [0.1, 0.15) is 5.82 Å². The number of carbonyl (C=O) groups excluding carboxylic acids is 1. The molecule has 1 aliphatic rings. The third-order valence-electron chi connectivity index (χ3n) is 3.13. The Labute approximate surface area is 117 Å². The van der Waals surface area contributed by atoms with Gasteiger partial charge in [-0.05, 0) is 18.2 Å². The molecule has 0 fully saturated rings. The van der Waals surface area contributed by atoms with Gasteiger partial charge in [0, 0.05) is 46.4 Å². The summed E-state index contributed by atoms with van der Waals surface area (Å²) in [6, 6.07) is 3.06. The first-order chi connectivity index (χ1) is 9.04. The van der Waals surface area contributed by atoms with E-state index in [-0.39, 0.29) is 11.6 Å². The van der Waals surface area contributed by atoms with Gasteiger partial charge < -0.3 is 0 Å². The van der Waals surface area contributed by atoms with Crippen molar-refractivity contribution in [3.63, 3.8) is 0 Å². The Morgan fingerprint density at radius 2 is 2.26 bits per heavy atom. The zero-order valence-corrected chi connectivity index (χ0v) is 11.7. The number of nitrogens with zero attached hydrogens (tertiary/aromatic N) is 2. The highest BCUT2D eigenvalue weighted by Crippen LogP contribution is 2.32. The molecule has 0 unspecified atom stereocenters. The number of fused-ring (bicyclic) bond motifs is 1. The van der Waals surface area contributed by atoms with Gasteiger partial charge in [0.2, 0.25) is 0 Å². The number of allylic oxidation sites excluding steroid dienone is 1. The second-order valence-electron chi connectivity index (χ2n) is 4.54. The lowest BCUT2D eigenvalue weighted by atomic mass is 10.1. The molecule has 2 aromatic rings. The lowest BCUT2D eigenvalue weighted by Gasteiger charge is -1.99. The van der Waals surface area contributed by atoms with Crippen molar-refractivity contribution in [1.82, 2.24) is 9.78 Å². The molecule has 0 spiro atoms. The van der Waals surface area contributed by atoms with Crippen molar-refractivity contribution in [3.05, 3.63) is 57.1 Å². The first kappa shape index (κ1) is 12.3. The average molecular weight is 321 g/mol. The van der Waals surface area contributed by atoms with Crippen LogP contribution in [0.3, 0.4) is 0 Å². The van der Waals surface area contributed by atoms with Crippen molar-refractivity contribution in [2.45, 2.75) is 6.42 Å². The number of rotatable bonds is 1. The van der Waals surface area contributed by atoms with Gasteiger partial charge in [-0.1, -0.05) is 15.9 Å². The number of carbonyl (C=O) groups is 1. The lowest BCUT2D eigenvalue weighted by Crippen LogP contribution is -1.95. The molecule has 96 valence electrons. The maximum Gasteiger partial charge on any atom is 0.189 e. The highest BCUT2D eigenvalue weighted by atomic mass is 79.9. The van der Waals surface area contributed by atoms with Gasteiger partial charge in [-0.3, -0.25) is 9.48 Å². The fourth-order valence-electron chi connectivity index (χ4n) is 2.26. The summed E-state index contributed by atoms with van der Waals surface area (Å²) in [4.78, 5) is 12.2. The van der Waals surface area contributed by atoms with Crippen molar-refractivity contribution in [1.29, 1.82) is 0 Å². The van der Waals surface area contributed by atoms with E-state index >= 15 is 0 Å². The molecule has 1 aromatic heterocycles. The van der Waals surface area contributed by atoms with E-state index in [4.69, 9.17) is 0 Å². The minimum absolute atomic E-state index is 0.112. The first-order valence-electron chi connectivity index (χ1n) is 5.76. The van der Waals surface area contributed by atoms with Crippen LogP contribution < -0.4 is 0 Å². The largest absolute Gasteiger partial charge is 0.289 e. The Morgan fingerprint density at radius 1 is 1.47 bits per heavy atom. The average Bonchev–Trinajstić information content (AvgIpc) is 2.87. The highest BCUT2D eigenvalue weighted by molar-refractivity contribution is 9.10. The van der Waals surface area contributed by atoms with E-state index in [1.807, 2.05) is 13.2 Å². The van der Waals surface area contributed by atoms with E-state index in [0.717, 1.165) is 5.56 Å². The fourth-order valence-corrected chi connectivity index (χ4v) is 2.69. The standard InChI is InChI=1S/C14H10BrFN2O/c1-18-7-8(6-17-18)2-9-3-11-12(14(9)19)4-10(15)5-13(11)16/h2,4-7H,3H2,1H3/b9-2+. The zero-order chi connectivity index (χ0) is 13.6. The third kappa shape index (κ3) is 2.14. The van der Waals surface area contributed by atoms with Crippen LogP contribution in [0.5, 0.6) is 0 Å². The molecular formula is C14H10BrFN2O. The summed E-state index contributed by atoms with van der Waals surface area (Å²) in [5.41, 5.74) is 2.36. The molecular weight excluding hydrogens is 311 g/mol. The molecule has 0 aliphatic heterocycles. The second kappa shape index (κ2) is 4.42. The normalized spacial score (nSPS) is 16.2. The molecule has 0 atom stereocenters. The van der Waals surface area contributed by atoms with Crippen LogP contribution in [-0.2, 0) is 13.5 Å². The Hall–Kier alpha value is -1.75. The van der Waals surface area contributed by atoms with Gasteiger partial charge >= 0.3 is 0 Å². The van der Waals surface area contributed by atoms with Gasteiger partial charge in [-0.15, -0.1) is 0 Å². The Morgan fingerprint density at radius 3 is 2.95 bits per heavy atom. The summed E-state index contributed by atoms with van der Waals surface area (Å²) in [7, 11) is 1.81. The molecule has 1 aromatic carbocycles. The van der Waals surface area contributed by atoms with Crippen LogP contribution in [0.25, 0.3) is 6.08 Å². The van der Waals surface area contributed by atoms with Crippen LogP contribution in [0.4, 0.5) is 4.39 Å². The number of hydrogen-bond acceptors (Lipinski definition) is 2. The topological polar surface area (TPSA) is 34.9 Å².